The van der Waals surface area contributed by atoms with Crippen molar-refractivity contribution in [2.45, 2.75) is 13.0 Å². The van der Waals surface area contributed by atoms with Crippen LogP contribution in [0.3, 0.4) is 0 Å². The van der Waals surface area contributed by atoms with Gasteiger partial charge in [0.25, 0.3) is 0 Å². The van der Waals surface area contributed by atoms with Crippen molar-refractivity contribution in [3.8, 4) is 11.5 Å². The molecule has 19 heavy (non-hydrogen) atoms. The van der Waals surface area contributed by atoms with Gasteiger partial charge in [0, 0.05) is 15.0 Å². The number of rotatable bonds is 3. The van der Waals surface area contributed by atoms with E-state index in [1.165, 1.54) is 0 Å². The van der Waals surface area contributed by atoms with Crippen LogP contribution in [0.15, 0.2) is 45.3 Å². The summed E-state index contributed by atoms with van der Waals surface area (Å²) in [6.45, 7) is 1.94. The van der Waals surface area contributed by atoms with E-state index in [4.69, 9.17) is 22.1 Å². The van der Waals surface area contributed by atoms with E-state index >= 15 is 0 Å². The molecule has 0 fully saturated rings. The average molecular weight is 406 g/mol. The second-order valence-electron chi connectivity index (χ2n) is 4.15. The van der Waals surface area contributed by atoms with E-state index in [1.807, 2.05) is 37.3 Å². The van der Waals surface area contributed by atoms with Gasteiger partial charge in [-0.25, -0.2) is 0 Å². The van der Waals surface area contributed by atoms with E-state index in [0.29, 0.717) is 16.5 Å². The molecule has 2 nitrogen and oxygen atoms in total. The summed E-state index contributed by atoms with van der Waals surface area (Å²) in [5.74, 6) is 1.32. The summed E-state index contributed by atoms with van der Waals surface area (Å²) in [6, 6.07) is 11.2. The summed E-state index contributed by atoms with van der Waals surface area (Å²) in [5.41, 5.74) is 6.90. The van der Waals surface area contributed by atoms with Gasteiger partial charge in [0.1, 0.15) is 11.5 Å². The molecule has 0 aliphatic rings. The van der Waals surface area contributed by atoms with Gasteiger partial charge in [-0.15, -0.1) is 0 Å². The van der Waals surface area contributed by atoms with Gasteiger partial charge in [-0.3, -0.25) is 0 Å². The molecule has 0 radical (unpaired) electrons. The zero-order chi connectivity index (χ0) is 14.0. The van der Waals surface area contributed by atoms with E-state index in [9.17, 15) is 0 Å². The lowest BCUT2D eigenvalue weighted by Gasteiger charge is -2.12. The highest BCUT2D eigenvalue weighted by molar-refractivity contribution is 9.10. The molecule has 0 aromatic heterocycles. The summed E-state index contributed by atoms with van der Waals surface area (Å²) in [6.07, 6.45) is 0. The van der Waals surface area contributed by atoms with Crippen molar-refractivity contribution in [1.29, 1.82) is 0 Å². The maximum atomic E-state index is 6.11. The molecule has 2 N–H and O–H groups in total. The van der Waals surface area contributed by atoms with Crippen LogP contribution in [0.4, 0.5) is 0 Å². The summed E-state index contributed by atoms with van der Waals surface area (Å²) < 4.78 is 7.60. The minimum atomic E-state index is -0.0281. The van der Waals surface area contributed by atoms with Crippen molar-refractivity contribution >= 4 is 43.5 Å². The van der Waals surface area contributed by atoms with Gasteiger partial charge in [-0.1, -0.05) is 49.5 Å². The molecule has 0 unspecified atom stereocenters. The lowest BCUT2D eigenvalue weighted by molar-refractivity contribution is 0.482. The second-order valence-corrected chi connectivity index (χ2v) is 6.33. The molecule has 2 aromatic rings. The van der Waals surface area contributed by atoms with Crippen LogP contribution in [0.2, 0.25) is 5.02 Å². The Kier molecular flexibility index (Phi) is 4.90. The zero-order valence-electron chi connectivity index (χ0n) is 10.2. The van der Waals surface area contributed by atoms with Gasteiger partial charge in [0.15, 0.2) is 0 Å². The largest absolute Gasteiger partial charge is 0.456 e. The number of hydrogen-bond donors (Lipinski definition) is 1. The topological polar surface area (TPSA) is 35.2 Å². The lowest BCUT2D eigenvalue weighted by Crippen LogP contribution is -2.05. The van der Waals surface area contributed by atoms with E-state index in [-0.39, 0.29) is 6.04 Å². The molecule has 0 bridgehead atoms. The Balaban J connectivity index is 2.26. The second kappa shape index (κ2) is 6.27. The monoisotopic (exact) mass is 403 g/mol. The third kappa shape index (κ3) is 3.72. The molecule has 5 heteroatoms. The zero-order valence-corrected chi connectivity index (χ0v) is 14.1. The summed E-state index contributed by atoms with van der Waals surface area (Å²) in [4.78, 5) is 0. The van der Waals surface area contributed by atoms with Crippen molar-refractivity contribution in [2.75, 3.05) is 0 Å². The van der Waals surface area contributed by atoms with Crippen molar-refractivity contribution in [3.63, 3.8) is 0 Å². The van der Waals surface area contributed by atoms with E-state index in [0.717, 1.165) is 14.5 Å². The van der Waals surface area contributed by atoms with Gasteiger partial charge in [0.05, 0.1) is 5.02 Å². The molecule has 0 saturated heterocycles. The normalized spacial score (nSPS) is 12.3. The predicted molar refractivity (Wildman–Crippen MR) is 86.0 cm³/mol. The molecule has 0 spiro atoms. The molecule has 100 valence electrons. The Bertz CT molecular complexity index is 602. The highest BCUT2D eigenvalue weighted by atomic mass is 79.9. The maximum Gasteiger partial charge on any atom is 0.146 e. The Hall–Kier alpha value is -0.550. The molecule has 0 heterocycles. The Morgan fingerprint density at radius 3 is 2.47 bits per heavy atom. The third-order valence-electron chi connectivity index (χ3n) is 2.58. The molecular weight excluding hydrogens is 393 g/mol. The Labute approximate surface area is 134 Å². The van der Waals surface area contributed by atoms with E-state index in [2.05, 4.69) is 31.9 Å². The molecule has 0 amide bonds. The predicted octanol–water partition coefficient (Wildman–Crippen LogP) is 5.68. The summed E-state index contributed by atoms with van der Waals surface area (Å²) in [7, 11) is 0. The Morgan fingerprint density at radius 2 is 1.89 bits per heavy atom. The minimum absolute atomic E-state index is 0.0281. The number of nitrogens with two attached hydrogens (primary N) is 1. The van der Waals surface area contributed by atoms with Crippen LogP contribution in [-0.4, -0.2) is 0 Å². The number of ether oxygens (including phenoxy) is 1. The first kappa shape index (κ1) is 14.9. The van der Waals surface area contributed by atoms with Gasteiger partial charge in [0.2, 0.25) is 0 Å². The summed E-state index contributed by atoms with van der Waals surface area (Å²) in [5, 5.41) is 0.557. The van der Waals surface area contributed by atoms with E-state index in [1.54, 1.807) is 6.07 Å². The molecule has 1 atom stereocenters. The molecule has 0 aliphatic heterocycles. The fourth-order valence-electron chi connectivity index (χ4n) is 1.63. The first-order chi connectivity index (χ1) is 8.97. The maximum absolute atomic E-state index is 6.11. The molecule has 2 rings (SSSR count). The fraction of sp³-hybridized carbons (Fsp3) is 0.143. The smallest absolute Gasteiger partial charge is 0.146 e. The molecule has 0 aliphatic carbocycles. The standard InChI is InChI=1S/C14H12Br2ClNO/c1-8(18)11-4-3-10(7-12(11)16)19-14-5-2-9(15)6-13(14)17/h2-8H,18H2,1H3/t8-/m1/s1. The van der Waals surface area contributed by atoms with E-state index < -0.39 is 0 Å². The minimum Gasteiger partial charge on any atom is -0.456 e. The van der Waals surface area contributed by atoms with Crippen LogP contribution in [0.1, 0.15) is 18.5 Å². The van der Waals surface area contributed by atoms with Crippen LogP contribution >= 0.6 is 43.5 Å². The molecular formula is C14H12Br2ClNO. The number of hydrogen-bond acceptors (Lipinski definition) is 2. The molecule has 2 aromatic carbocycles. The number of halogens is 3. The van der Waals surface area contributed by atoms with Crippen LogP contribution < -0.4 is 10.5 Å². The number of benzene rings is 2. The average Bonchev–Trinajstić information content (AvgIpc) is 2.32. The van der Waals surface area contributed by atoms with Crippen molar-refractivity contribution < 1.29 is 4.74 Å². The highest BCUT2D eigenvalue weighted by Gasteiger charge is 2.08. The summed E-state index contributed by atoms with van der Waals surface area (Å²) >= 11 is 13.0. The van der Waals surface area contributed by atoms with Crippen molar-refractivity contribution in [2.24, 2.45) is 5.73 Å². The van der Waals surface area contributed by atoms with Gasteiger partial charge in [-0.2, -0.15) is 0 Å². The highest BCUT2D eigenvalue weighted by Crippen LogP contribution is 2.34. The van der Waals surface area contributed by atoms with Crippen molar-refractivity contribution in [3.05, 3.63) is 55.9 Å². The molecule has 0 saturated carbocycles. The first-order valence-electron chi connectivity index (χ1n) is 5.65. The van der Waals surface area contributed by atoms with Gasteiger partial charge < -0.3 is 10.5 Å². The van der Waals surface area contributed by atoms with Crippen LogP contribution in [-0.2, 0) is 0 Å². The van der Waals surface area contributed by atoms with Crippen LogP contribution in [0.5, 0.6) is 11.5 Å². The van der Waals surface area contributed by atoms with Gasteiger partial charge in [-0.05, 0) is 42.8 Å². The first-order valence-corrected chi connectivity index (χ1v) is 7.61. The SMILES string of the molecule is C[C@@H](N)c1ccc(Oc2ccc(Br)cc2Cl)cc1Br. The quantitative estimate of drug-likeness (QED) is 0.713. The van der Waals surface area contributed by atoms with Crippen molar-refractivity contribution in [1.82, 2.24) is 0 Å². The van der Waals surface area contributed by atoms with Crippen LogP contribution in [0, 0.1) is 0 Å². The van der Waals surface area contributed by atoms with Gasteiger partial charge >= 0.3 is 0 Å². The third-order valence-corrected chi connectivity index (χ3v) is 4.06. The lowest BCUT2D eigenvalue weighted by atomic mass is 10.1. The fourth-order valence-corrected chi connectivity index (χ4v) is 3.06. The van der Waals surface area contributed by atoms with Crippen LogP contribution in [0.25, 0.3) is 0 Å². The Morgan fingerprint density at radius 1 is 1.16 bits per heavy atom.